The number of rotatable bonds is 6. The number of aliphatic hydroxyl groups excluding tert-OH is 1. The van der Waals surface area contributed by atoms with E-state index >= 15 is 0 Å². The van der Waals surface area contributed by atoms with Gasteiger partial charge in [0.2, 0.25) is 0 Å². The van der Waals surface area contributed by atoms with Crippen LogP contribution in [0.2, 0.25) is 0 Å². The molecular formula is C27H25FN2O4. The third-order valence-corrected chi connectivity index (χ3v) is 5.55. The lowest BCUT2D eigenvalue weighted by atomic mass is 9.95. The number of nitrogens with zero attached hydrogens (tertiary/aromatic N) is 2. The molecule has 0 spiro atoms. The number of aliphatic hydroxyl groups is 1. The minimum absolute atomic E-state index is 0.0856. The van der Waals surface area contributed by atoms with Gasteiger partial charge in [0, 0.05) is 23.6 Å². The molecule has 2 heterocycles. The number of carbonyl (C=O) groups excluding carboxylic acids is 2. The first-order valence-corrected chi connectivity index (χ1v) is 11.0. The highest BCUT2D eigenvalue weighted by Crippen LogP contribution is 2.42. The summed E-state index contributed by atoms with van der Waals surface area (Å²) in [5.74, 6) is -1.54. The van der Waals surface area contributed by atoms with Gasteiger partial charge in [-0.1, -0.05) is 26.0 Å². The SMILES string of the molecule is Cc1cc(/C(O)=C2\C(=O)C(=O)N(c3cccc(F)c3)C2c2cccnc2)ccc1OCC(C)C. The number of Topliss-reactive ketones (excluding diaryl/α,β-unsaturated/α-hetero) is 1. The highest BCUT2D eigenvalue weighted by Gasteiger charge is 2.47. The lowest BCUT2D eigenvalue weighted by Crippen LogP contribution is -2.29. The van der Waals surface area contributed by atoms with E-state index in [-0.39, 0.29) is 17.0 Å². The zero-order chi connectivity index (χ0) is 24.4. The summed E-state index contributed by atoms with van der Waals surface area (Å²) < 4.78 is 19.8. The van der Waals surface area contributed by atoms with E-state index in [2.05, 4.69) is 4.98 Å². The Morgan fingerprint density at radius 3 is 2.59 bits per heavy atom. The first-order valence-electron chi connectivity index (χ1n) is 11.0. The van der Waals surface area contributed by atoms with Gasteiger partial charge in [0.05, 0.1) is 18.2 Å². The van der Waals surface area contributed by atoms with Gasteiger partial charge in [-0.3, -0.25) is 19.5 Å². The number of ether oxygens (including phenoxy) is 1. The topological polar surface area (TPSA) is 79.7 Å². The van der Waals surface area contributed by atoms with E-state index in [1.165, 1.54) is 29.3 Å². The summed E-state index contributed by atoms with van der Waals surface area (Å²) in [5.41, 5.74) is 1.80. The zero-order valence-electron chi connectivity index (χ0n) is 19.2. The van der Waals surface area contributed by atoms with E-state index in [1.54, 1.807) is 42.6 Å². The van der Waals surface area contributed by atoms with Crippen LogP contribution in [0.25, 0.3) is 5.76 Å². The van der Waals surface area contributed by atoms with Crippen molar-refractivity contribution < 1.29 is 23.8 Å². The Morgan fingerprint density at radius 1 is 1.15 bits per heavy atom. The molecule has 1 aliphatic rings. The molecule has 1 aromatic heterocycles. The van der Waals surface area contributed by atoms with E-state index in [0.717, 1.165) is 5.56 Å². The van der Waals surface area contributed by atoms with Crippen LogP contribution in [0.1, 0.15) is 36.6 Å². The van der Waals surface area contributed by atoms with Crippen molar-refractivity contribution >= 4 is 23.1 Å². The smallest absolute Gasteiger partial charge is 0.300 e. The lowest BCUT2D eigenvalue weighted by molar-refractivity contribution is -0.132. The van der Waals surface area contributed by atoms with Crippen molar-refractivity contribution in [3.8, 4) is 5.75 Å². The zero-order valence-corrected chi connectivity index (χ0v) is 19.2. The highest BCUT2D eigenvalue weighted by atomic mass is 19.1. The Morgan fingerprint density at radius 2 is 1.94 bits per heavy atom. The van der Waals surface area contributed by atoms with Gasteiger partial charge in [-0.15, -0.1) is 0 Å². The molecule has 1 saturated heterocycles. The van der Waals surface area contributed by atoms with Gasteiger partial charge in [-0.25, -0.2) is 4.39 Å². The molecule has 4 rings (SSSR count). The van der Waals surface area contributed by atoms with Crippen LogP contribution < -0.4 is 9.64 Å². The highest BCUT2D eigenvalue weighted by molar-refractivity contribution is 6.51. The van der Waals surface area contributed by atoms with Crippen molar-refractivity contribution in [1.82, 2.24) is 4.98 Å². The summed E-state index contributed by atoms with van der Waals surface area (Å²) in [6, 6.07) is 12.9. The molecule has 1 fully saturated rings. The van der Waals surface area contributed by atoms with Crippen LogP contribution in [-0.4, -0.2) is 28.4 Å². The van der Waals surface area contributed by atoms with Crippen molar-refractivity contribution in [2.24, 2.45) is 5.92 Å². The number of hydrogen-bond acceptors (Lipinski definition) is 5. The van der Waals surface area contributed by atoms with Gasteiger partial charge < -0.3 is 9.84 Å². The number of amides is 1. The summed E-state index contributed by atoms with van der Waals surface area (Å²) in [4.78, 5) is 31.5. The molecule has 0 radical (unpaired) electrons. The van der Waals surface area contributed by atoms with Gasteiger partial charge in [0.25, 0.3) is 11.7 Å². The van der Waals surface area contributed by atoms with E-state index in [9.17, 15) is 19.1 Å². The number of hydrogen-bond donors (Lipinski definition) is 1. The Bertz CT molecular complexity index is 1270. The summed E-state index contributed by atoms with van der Waals surface area (Å²) in [5, 5.41) is 11.2. The Balaban J connectivity index is 1.84. The normalized spacial score (nSPS) is 17.4. The molecule has 7 heteroatoms. The van der Waals surface area contributed by atoms with Crippen LogP contribution in [-0.2, 0) is 9.59 Å². The average Bonchev–Trinajstić information content (AvgIpc) is 3.08. The number of carbonyl (C=O) groups is 2. The molecule has 2 aromatic carbocycles. The quantitative estimate of drug-likeness (QED) is 0.311. The van der Waals surface area contributed by atoms with Crippen LogP contribution in [0, 0.1) is 18.7 Å². The molecule has 1 aliphatic heterocycles. The molecule has 0 aliphatic carbocycles. The van der Waals surface area contributed by atoms with Crippen molar-refractivity contribution in [2.75, 3.05) is 11.5 Å². The summed E-state index contributed by atoms with van der Waals surface area (Å²) in [6.07, 6.45) is 3.08. The first kappa shape index (κ1) is 23.2. The number of halogens is 1. The molecule has 6 nitrogen and oxygen atoms in total. The third-order valence-electron chi connectivity index (χ3n) is 5.55. The number of pyridine rings is 1. The van der Waals surface area contributed by atoms with Crippen molar-refractivity contribution in [1.29, 1.82) is 0 Å². The molecule has 0 bridgehead atoms. The van der Waals surface area contributed by atoms with Crippen LogP contribution >= 0.6 is 0 Å². The maximum absolute atomic E-state index is 14.0. The number of ketones is 1. The molecule has 1 atom stereocenters. The van der Waals surface area contributed by atoms with Gasteiger partial charge >= 0.3 is 0 Å². The fourth-order valence-corrected chi connectivity index (χ4v) is 3.95. The first-order chi connectivity index (χ1) is 16.3. The lowest BCUT2D eigenvalue weighted by Gasteiger charge is -2.25. The summed E-state index contributed by atoms with van der Waals surface area (Å²) in [7, 11) is 0. The minimum atomic E-state index is -0.965. The number of anilines is 1. The molecule has 3 aromatic rings. The molecule has 0 saturated carbocycles. The number of aryl methyl sites for hydroxylation is 1. The third kappa shape index (κ3) is 4.41. The maximum atomic E-state index is 14.0. The van der Waals surface area contributed by atoms with Gasteiger partial charge in [0.1, 0.15) is 17.3 Å². The second-order valence-electron chi connectivity index (χ2n) is 8.62. The summed E-state index contributed by atoms with van der Waals surface area (Å²) >= 11 is 0. The Labute approximate surface area is 197 Å². The fraction of sp³-hybridized carbons (Fsp3) is 0.222. The average molecular weight is 461 g/mol. The van der Waals surface area contributed by atoms with E-state index in [0.29, 0.717) is 29.4 Å². The van der Waals surface area contributed by atoms with Crippen molar-refractivity contribution in [3.05, 3.63) is 95.1 Å². The molecule has 174 valence electrons. The maximum Gasteiger partial charge on any atom is 0.300 e. The van der Waals surface area contributed by atoms with Crippen molar-refractivity contribution in [3.63, 3.8) is 0 Å². The largest absolute Gasteiger partial charge is 0.507 e. The minimum Gasteiger partial charge on any atom is -0.507 e. The number of aromatic nitrogens is 1. The molecule has 34 heavy (non-hydrogen) atoms. The van der Waals surface area contributed by atoms with E-state index in [4.69, 9.17) is 4.74 Å². The second-order valence-corrected chi connectivity index (χ2v) is 8.62. The predicted molar refractivity (Wildman–Crippen MR) is 127 cm³/mol. The Kier molecular flexibility index (Phi) is 6.45. The van der Waals surface area contributed by atoms with Crippen LogP contribution in [0.4, 0.5) is 10.1 Å². The fourth-order valence-electron chi connectivity index (χ4n) is 3.95. The van der Waals surface area contributed by atoms with Crippen LogP contribution in [0.3, 0.4) is 0 Å². The molecule has 1 N–H and O–H groups in total. The van der Waals surface area contributed by atoms with Gasteiger partial charge in [-0.2, -0.15) is 0 Å². The monoisotopic (exact) mass is 460 g/mol. The second kappa shape index (κ2) is 9.47. The van der Waals surface area contributed by atoms with Gasteiger partial charge in [0.15, 0.2) is 0 Å². The van der Waals surface area contributed by atoms with E-state index < -0.39 is 23.5 Å². The molecular weight excluding hydrogens is 435 g/mol. The van der Waals surface area contributed by atoms with Crippen molar-refractivity contribution in [2.45, 2.75) is 26.8 Å². The van der Waals surface area contributed by atoms with Crippen LogP contribution in [0.5, 0.6) is 5.75 Å². The van der Waals surface area contributed by atoms with Gasteiger partial charge in [-0.05, 0) is 66.4 Å². The molecule has 1 amide bonds. The standard InChI is InChI=1S/C27H25FN2O4/c1-16(2)15-34-22-10-9-18(12-17(22)3)25(31)23-24(19-6-5-11-29-14-19)30(27(33)26(23)32)21-8-4-7-20(28)13-21/h4-14,16,24,31H,15H2,1-3H3/b25-23+. The predicted octanol–water partition coefficient (Wildman–Crippen LogP) is 5.19. The van der Waals surface area contributed by atoms with E-state index in [1.807, 2.05) is 20.8 Å². The summed E-state index contributed by atoms with van der Waals surface area (Å²) in [6.45, 7) is 6.49. The molecule has 1 unspecified atom stereocenters. The Hall–Kier alpha value is -4.00. The van der Waals surface area contributed by atoms with Crippen LogP contribution in [0.15, 0.2) is 72.6 Å². The number of benzene rings is 2.